The summed E-state index contributed by atoms with van der Waals surface area (Å²) in [5, 5.41) is 49.5. The summed E-state index contributed by atoms with van der Waals surface area (Å²) in [6.45, 7) is 0. The van der Waals surface area contributed by atoms with Crippen LogP contribution in [0.2, 0.25) is 0 Å². The van der Waals surface area contributed by atoms with Gasteiger partial charge in [0, 0.05) is 20.4 Å². The normalized spacial score (nSPS) is 4.52. The molecule has 128 valence electrons. The first kappa shape index (κ1) is 85.5. The van der Waals surface area contributed by atoms with Crippen LogP contribution in [0.25, 0.3) is 0 Å². The van der Waals surface area contributed by atoms with Crippen LogP contribution >= 0.6 is 0 Å². The molecule has 0 rings (SSSR count). The number of ether oxygens (including phenoxy) is 1. The van der Waals surface area contributed by atoms with Gasteiger partial charge in [-0.15, -0.1) is 0 Å². The maximum absolute atomic E-state index is 9.25. The van der Waals surface area contributed by atoms with Crippen molar-refractivity contribution in [2.75, 3.05) is 28.4 Å². The van der Waals surface area contributed by atoms with Crippen LogP contribution in [0.5, 0.6) is 0 Å². The van der Waals surface area contributed by atoms with Crippen molar-refractivity contribution in [2.24, 2.45) is 0 Å². The van der Waals surface area contributed by atoms with Gasteiger partial charge in [0.15, 0.2) is 0 Å². The van der Waals surface area contributed by atoms with Crippen LogP contribution in [0.1, 0.15) is 7.43 Å². The van der Waals surface area contributed by atoms with Crippen LogP contribution in [0.4, 0.5) is 0 Å². The molecule has 0 saturated heterocycles. The summed E-state index contributed by atoms with van der Waals surface area (Å²) >= 11 is 0.611. The minimum absolute atomic E-state index is 0. The molecular formula is C7H20Mg4O12. The summed E-state index contributed by atoms with van der Waals surface area (Å²) in [6, 6.07) is 0. The second-order valence-electron chi connectivity index (χ2n) is 0.811. The first-order valence-electron chi connectivity index (χ1n) is 3.20. The molecule has 0 amide bonds. The molecule has 0 aliphatic heterocycles. The van der Waals surface area contributed by atoms with E-state index in [-0.39, 0.29) is 93.7 Å². The zero-order valence-electron chi connectivity index (χ0n) is 12.9. The Kier molecular flexibility index (Phi) is 476. The summed E-state index contributed by atoms with van der Waals surface area (Å²) < 4.78 is 11.7. The van der Waals surface area contributed by atoms with Gasteiger partial charge in [-0.25, -0.2) is 0 Å². The molecule has 23 heavy (non-hydrogen) atoms. The average Bonchev–Trinajstić information content (AvgIpc) is 2.39. The third kappa shape index (κ3) is 479. The number of carbonyl (C=O) groups excluding carboxylic acids is 2. The van der Waals surface area contributed by atoms with Gasteiger partial charge < -0.3 is 46.3 Å². The second-order valence-corrected chi connectivity index (χ2v) is 0.811. The number of hydrogen-bond acceptors (Lipinski definition) is 12. The molecule has 0 spiro atoms. The summed E-state index contributed by atoms with van der Waals surface area (Å²) in [5.41, 5.74) is 0. The molecule has 0 aromatic rings. The van der Waals surface area contributed by atoms with Gasteiger partial charge in [-0.3, -0.25) is 0 Å². The molecule has 12 nitrogen and oxygen atoms in total. The van der Waals surface area contributed by atoms with Gasteiger partial charge >= 0.3 is 100 Å². The molecule has 4 N–H and O–H groups in total. The van der Waals surface area contributed by atoms with E-state index in [1.165, 1.54) is 0 Å². The topological polar surface area (TPSA) is 253 Å². The van der Waals surface area contributed by atoms with E-state index in [1.54, 1.807) is 0 Å². The van der Waals surface area contributed by atoms with E-state index in [9.17, 15) is 10.2 Å². The zero-order chi connectivity index (χ0) is 15.9. The number of rotatable bonds is 1. The van der Waals surface area contributed by atoms with Crippen molar-refractivity contribution in [3.63, 3.8) is 0 Å². The van der Waals surface area contributed by atoms with Crippen molar-refractivity contribution in [1.29, 1.82) is 0 Å². The van der Waals surface area contributed by atoms with Gasteiger partial charge in [-0.05, 0) is 0 Å². The van der Waals surface area contributed by atoms with E-state index >= 15 is 0 Å². The summed E-state index contributed by atoms with van der Waals surface area (Å²) in [4.78, 5) is 16.2. The molecule has 0 fully saturated rings. The van der Waals surface area contributed by atoms with Gasteiger partial charge in [0.25, 0.3) is 0 Å². The summed E-state index contributed by atoms with van der Waals surface area (Å²) in [5.74, 6) is 0. The van der Waals surface area contributed by atoms with Crippen molar-refractivity contribution in [3.8, 4) is 0 Å². The van der Waals surface area contributed by atoms with Gasteiger partial charge in [0.1, 0.15) is 0 Å². The molecule has 0 saturated carbocycles. The number of aliphatic hydroxyl groups is 2. The minimum atomic E-state index is -3.46. The molecule has 0 aliphatic carbocycles. The van der Waals surface area contributed by atoms with Crippen LogP contribution < -0.4 is 20.4 Å². The maximum atomic E-state index is 9.25. The number of methoxy groups -OCH3 is 1. The van der Waals surface area contributed by atoms with Gasteiger partial charge in [-0.1, -0.05) is 7.43 Å². The van der Waals surface area contributed by atoms with Gasteiger partial charge in [0.2, 0.25) is 0 Å². The van der Waals surface area contributed by atoms with Crippen LogP contribution in [0.3, 0.4) is 0 Å². The van der Waals surface area contributed by atoms with Crippen molar-refractivity contribution in [2.45, 2.75) is 13.6 Å². The van der Waals surface area contributed by atoms with E-state index in [2.05, 4.69) is 4.74 Å². The zero-order valence-corrected chi connectivity index (χ0v) is 18.5. The van der Waals surface area contributed by atoms with Crippen molar-refractivity contribution < 1.29 is 59.1 Å². The molecule has 0 radical (unpaired) electrons. The van der Waals surface area contributed by atoms with E-state index < -0.39 is 6.16 Å². The van der Waals surface area contributed by atoms with Crippen LogP contribution in [0, 0.1) is 0 Å². The Morgan fingerprint density at radius 1 is 0.913 bits per heavy atom. The molecule has 0 aliphatic rings. The molecule has 0 aromatic heterocycles. The SMILES string of the molecule is C.CO.COC([O-])([O-])O.C[O-].C[O-].O=C=O.[Mg+2].[Mg+2].[Mg+2].[OH-].[OH-].[O]=[Mg]. The molecule has 0 unspecified atom stereocenters. The average molecular weight is 393 g/mol. The Morgan fingerprint density at radius 3 is 0.957 bits per heavy atom. The third-order valence-electron chi connectivity index (χ3n) is 0.258. The predicted molar refractivity (Wildman–Crippen MR) is 71.3 cm³/mol. The first-order chi connectivity index (χ1) is 7.97. The molecule has 16 heteroatoms. The molecule has 0 heterocycles. The quantitative estimate of drug-likeness (QED) is 0.311. The van der Waals surface area contributed by atoms with E-state index in [0.29, 0.717) is 21.7 Å². The van der Waals surface area contributed by atoms with Crippen LogP contribution in [0.15, 0.2) is 0 Å². The van der Waals surface area contributed by atoms with Gasteiger partial charge in [0.05, 0.1) is 0 Å². The molecule has 0 aromatic carbocycles. The monoisotopic (exact) mass is 392 g/mol. The number of aliphatic hydroxyl groups excluding tert-OH is 1. The fourth-order valence-corrected chi connectivity index (χ4v) is 0. The Hall–Kier alpha value is 1.88. The molecular weight excluding hydrogens is 373 g/mol. The predicted octanol–water partition coefficient (Wildman–Crippen LogP) is -7.42. The van der Waals surface area contributed by atoms with Crippen molar-refractivity contribution in [3.05, 3.63) is 0 Å². The van der Waals surface area contributed by atoms with E-state index in [4.69, 9.17) is 33.2 Å². The Morgan fingerprint density at radius 2 is 0.957 bits per heavy atom. The molecule has 0 atom stereocenters. The summed E-state index contributed by atoms with van der Waals surface area (Å²) in [6.07, 6.45) is -3.21. The Bertz CT molecular complexity index is 120. The Balaban J connectivity index is -0.00000000643. The van der Waals surface area contributed by atoms with Gasteiger partial charge in [-0.2, -0.15) is 23.8 Å². The fraction of sp³-hybridized carbons (Fsp3) is 0.857. The van der Waals surface area contributed by atoms with E-state index in [0.717, 1.165) is 28.4 Å². The standard InChI is InChI=1S/C2H4O4.CO2.CH4O.2CH3O.CH4.4Mg.2H2O.O/c1-6-2(3,4)5;2-1-3;3*1-2;;;;;;;;/h3H,1H3;;2H,1H3;2*1H3;1H4;;;;;2*1H2;/q-2;;;2*-1;;;3*+2;;;/p-2. The van der Waals surface area contributed by atoms with Crippen molar-refractivity contribution >= 4 is 97.0 Å². The van der Waals surface area contributed by atoms with Crippen LogP contribution in [-0.4, -0.2) is 153 Å². The van der Waals surface area contributed by atoms with Crippen LogP contribution in [-0.2, 0) is 17.5 Å². The van der Waals surface area contributed by atoms with Crippen molar-refractivity contribution in [1.82, 2.24) is 0 Å². The number of hydrogen-bond donors (Lipinski definition) is 2. The molecule has 0 bridgehead atoms. The summed E-state index contributed by atoms with van der Waals surface area (Å²) in [7, 11) is 3.33. The third-order valence-corrected chi connectivity index (χ3v) is 0.258. The first-order valence-corrected chi connectivity index (χ1v) is 3.78. The Labute approximate surface area is 196 Å². The second kappa shape index (κ2) is 128. The van der Waals surface area contributed by atoms with E-state index in [1.807, 2.05) is 0 Å². The fourth-order valence-electron chi connectivity index (χ4n) is 0.